The molecule has 1 aliphatic rings. The van der Waals surface area contributed by atoms with E-state index in [2.05, 4.69) is 4.98 Å². The molecule has 1 aliphatic heterocycles. The van der Waals surface area contributed by atoms with E-state index < -0.39 is 9.84 Å². The highest BCUT2D eigenvalue weighted by atomic mass is 32.2. The van der Waals surface area contributed by atoms with Gasteiger partial charge in [0.05, 0.1) is 15.9 Å². The number of carbonyl (C=O) groups excluding carboxylic acids is 1. The van der Waals surface area contributed by atoms with Gasteiger partial charge in [0.15, 0.2) is 9.84 Å². The summed E-state index contributed by atoms with van der Waals surface area (Å²) >= 11 is 0. The van der Waals surface area contributed by atoms with Crippen molar-refractivity contribution in [2.24, 2.45) is 0 Å². The summed E-state index contributed by atoms with van der Waals surface area (Å²) in [5.41, 5.74) is 1.92. The summed E-state index contributed by atoms with van der Waals surface area (Å²) < 4.78 is 25.3. The molecule has 0 spiro atoms. The fourth-order valence-corrected chi connectivity index (χ4v) is 4.47. The average molecular weight is 399 g/mol. The van der Waals surface area contributed by atoms with E-state index >= 15 is 0 Å². The molecule has 28 heavy (non-hydrogen) atoms. The quantitative estimate of drug-likeness (QED) is 0.731. The molecule has 2 heterocycles. The van der Waals surface area contributed by atoms with Crippen molar-refractivity contribution in [1.82, 2.24) is 14.5 Å². The first-order valence-electron chi connectivity index (χ1n) is 9.13. The maximum atomic E-state index is 12.8. The van der Waals surface area contributed by atoms with E-state index in [1.54, 1.807) is 21.6 Å². The van der Waals surface area contributed by atoms with Gasteiger partial charge >= 0.3 is 5.69 Å². The zero-order valence-electron chi connectivity index (χ0n) is 15.5. The number of benzene rings is 2. The zero-order chi connectivity index (χ0) is 19.9. The highest BCUT2D eigenvalue weighted by molar-refractivity contribution is 7.90. The Labute approximate surface area is 162 Å². The maximum absolute atomic E-state index is 12.8. The van der Waals surface area contributed by atoms with E-state index in [0.29, 0.717) is 31.5 Å². The number of nitrogens with zero attached hydrogens (tertiary/aromatic N) is 2. The number of carbonyl (C=O) groups is 1. The van der Waals surface area contributed by atoms with Crippen LogP contribution in [-0.2, 0) is 9.84 Å². The van der Waals surface area contributed by atoms with Gasteiger partial charge in [0, 0.05) is 31.0 Å². The van der Waals surface area contributed by atoms with Gasteiger partial charge < -0.3 is 9.88 Å². The number of H-pyrrole nitrogens is 1. The molecule has 0 radical (unpaired) electrons. The van der Waals surface area contributed by atoms with Crippen molar-refractivity contribution >= 4 is 26.8 Å². The Morgan fingerprint density at radius 1 is 1.07 bits per heavy atom. The van der Waals surface area contributed by atoms with E-state index in [4.69, 9.17) is 0 Å². The SMILES string of the molecule is CS(=O)(=O)c1cccc(C(=O)N2CCC(n3c(=O)[nH]c4ccccc43)CC2)c1. The van der Waals surface area contributed by atoms with Gasteiger partial charge in [0.1, 0.15) is 0 Å². The van der Waals surface area contributed by atoms with Crippen molar-refractivity contribution in [3.63, 3.8) is 0 Å². The minimum absolute atomic E-state index is 0.0232. The Morgan fingerprint density at radius 2 is 1.79 bits per heavy atom. The van der Waals surface area contributed by atoms with Gasteiger partial charge in [-0.05, 0) is 43.2 Å². The molecule has 2 aromatic carbocycles. The summed E-state index contributed by atoms with van der Waals surface area (Å²) in [6.45, 7) is 1.02. The molecular weight excluding hydrogens is 378 g/mol. The molecule has 146 valence electrons. The lowest BCUT2D eigenvalue weighted by molar-refractivity contribution is 0.0694. The van der Waals surface area contributed by atoms with E-state index in [-0.39, 0.29) is 22.5 Å². The Hall–Kier alpha value is -2.87. The largest absolute Gasteiger partial charge is 0.338 e. The summed E-state index contributed by atoms with van der Waals surface area (Å²) in [7, 11) is -3.37. The molecule has 0 bridgehead atoms. The number of sulfone groups is 1. The highest BCUT2D eigenvalue weighted by Gasteiger charge is 2.27. The van der Waals surface area contributed by atoms with Crippen molar-refractivity contribution in [3.05, 3.63) is 64.6 Å². The maximum Gasteiger partial charge on any atom is 0.326 e. The van der Waals surface area contributed by atoms with E-state index in [0.717, 1.165) is 17.3 Å². The Bertz CT molecular complexity index is 1200. The third-order valence-electron chi connectivity index (χ3n) is 5.25. The predicted octanol–water partition coefficient (Wildman–Crippen LogP) is 2.21. The van der Waals surface area contributed by atoms with Crippen molar-refractivity contribution in [1.29, 1.82) is 0 Å². The van der Waals surface area contributed by atoms with E-state index in [1.165, 1.54) is 12.1 Å². The van der Waals surface area contributed by atoms with Crippen molar-refractivity contribution in [2.75, 3.05) is 19.3 Å². The number of hydrogen-bond acceptors (Lipinski definition) is 4. The van der Waals surface area contributed by atoms with Crippen LogP contribution in [-0.4, -0.2) is 48.1 Å². The van der Waals surface area contributed by atoms with Crippen molar-refractivity contribution in [3.8, 4) is 0 Å². The first kappa shape index (κ1) is 18.5. The Balaban J connectivity index is 1.52. The van der Waals surface area contributed by atoms with Crippen LogP contribution in [0.15, 0.2) is 58.2 Å². The molecule has 7 nitrogen and oxygen atoms in total. The summed E-state index contributed by atoms with van der Waals surface area (Å²) in [6.07, 6.45) is 2.46. The van der Waals surface area contributed by atoms with Gasteiger partial charge in [-0.2, -0.15) is 0 Å². The molecule has 0 atom stereocenters. The smallest absolute Gasteiger partial charge is 0.326 e. The third kappa shape index (κ3) is 3.35. The number of imidazole rings is 1. The summed E-state index contributed by atoms with van der Waals surface area (Å²) in [5, 5.41) is 0. The van der Waals surface area contributed by atoms with Crippen LogP contribution in [0.3, 0.4) is 0 Å². The predicted molar refractivity (Wildman–Crippen MR) is 106 cm³/mol. The molecule has 8 heteroatoms. The Kier molecular flexibility index (Phi) is 4.58. The van der Waals surface area contributed by atoms with Crippen molar-refractivity contribution in [2.45, 2.75) is 23.8 Å². The molecular formula is C20H21N3O4S. The first-order chi connectivity index (χ1) is 13.3. The van der Waals surface area contributed by atoms with E-state index in [1.807, 2.05) is 24.3 Å². The monoisotopic (exact) mass is 399 g/mol. The van der Waals surface area contributed by atoms with Crippen LogP contribution >= 0.6 is 0 Å². The van der Waals surface area contributed by atoms with Crippen LogP contribution in [0, 0.1) is 0 Å². The zero-order valence-corrected chi connectivity index (χ0v) is 16.3. The number of aromatic nitrogens is 2. The minimum atomic E-state index is -3.37. The number of hydrogen-bond donors (Lipinski definition) is 1. The van der Waals surface area contributed by atoms with Gasteiger partial charge in [-0.15, -0.1) is 0 Å². The molecule has 0 saturated carbocycles. The number of piperidine rings is 1. The van der Waals surface area contributed by atoms with Crippen LogP contribution in [0.4, 0.5) is 0 Å². The number of likely N-dealkylation sites (tertiary alicyclic amines) is 1. The first-order valence-corrected chi connectivity index (χ1v) is 11.0. The lowest BCUT2D eigenvalue weighted by Crippen LogP contribution is -2.40. The van der Waals surface area contributed by atoms with Crippen LogP contribution in [0.2, 0.25) is 0 Å². The number of nitrogens with one attached hydrogen (secondary N) is 1. The molecule has 1 amide bonds. The van der Waals surface area contributed by atoms with E-state index in [9.17, 15) is 18.0 Å². The van der Waals surface area contributed by atoms with Gasteiger partial charge in [-0.25, -0.2) is 13.2 Å². The molecule has 3 aromatic rings. The molecule has 1 aromatic heterocycles. The number of amides is 1. The highest BCUT2D eigenvalue weighted by Crippen LogP contribution is 2.26. The number of fused-ring (bicyclic) bond motifs is 1. The van der Waals surface area contributed by atoms with Crippen LogP contribution in [0.5, 0.6) is 0 Å². The summed E-state index contributed by atoms with van der Waals surface area (Å²) in [4.78, 5) is 29.9. The van der Waals surface area contributed by atoms with Crippen LogP contribution in [0.25, 0.3) is 11.0 Å². The van der Waals surface area contributed by atoms with Crippen molar-refractivity contribution < 1.29 is 13.2 Å². The van der Waals surface area contributed by atoms with Crippen LogP contribution < -0.4 is 5.69 Å². The van der Waals surface area contributed by atoms with Crippen LogP contribution in [0.1, 0.15) is 29.2 Å². The number of rotatable bonds is 3. The number of para-hydroxylation sites is 2. The summed E-state index contributed by atoms with van der Waals surface area (Å²) in [6, 6.07) is 13.7. The molecule has 1 saturated heterocycles. The molecule has 0 aliphatic carbocycles. The molecule has 4 rings (SSSR count). The molecule has 1 fully saturated rings. The van der Waals surface area contributed by atoms with Gasteiger partial charge in [0.25, 0.3) is 5.91 Å². The van der Waals surface area contributed by atoms with Gasteiger partial charge in [-0.3, -0.25) is 9.36 Å². The fraction of sp³-hybridized carbons (Fsp3) is 0.300. The second kappa shape index (κ2) is 6.94. The number of aromatic amines is 1. The average Bonchev–Trinajstić information content (AvgIpc) is 3.03. The second-order valence-corrected chi connectivity index (χ2v) is 9.16. The fourth-order valence-electron chi connectivity index (χ4n) is 3.81. The second-order valence-electron chi connectivity index (χ2n) is 7.14. The third-order valence-corrected chi connectivity index (χ3v) is 6.36. The molecule has 1 N–H and O–H groups in total. The lowest BCUT2D eigenvalue weighted by Gasteiger charge is -2.32. The normalized spacial score (nSPS) is 15.8. The van der Waals surface area contributed by atoms with Gasteiger partial charge in [0.2, 0.25) is 0 Å². The lowest BCUT2D eigenvalue weighted by atomic mass is 10.0. The minimum Gasteiger partial charge on any atom is -0.338 e. The Morgan fingerprint density at radius 3 is 2.50 bits per heavy atom. The van der Waals surface area contributed by atoms with Gasteiger partial charge in [-0.1, -0.05) is 18.2 Å². The molecule has 0 unspecified atom stereocenters. The summed E-state index contributed by atoms with van der Waals surface area (Å²) in [5.74, 6) is -0.185. The topological polar surface area (TPSA) is 92.2 Å². The standard InChI is InChI=1S/C20H21N3O4S/c1-28(26,27)16-6-4-5-14(13-16)19(24)22-11-9-15(10-12-22)23-18-8-3-2-7-17(18)21-20(23)25/h2-8,13,15H,9-12H2,1H3,(H,21,25).